The number of aliphatic hydroxyl groups excluding tert-OH is 1. The van der Waals surface area contributed by atoms with Gasteiger partial charge in [0.25, 0.3) is 0 Å². The maximum absolute atomic E-state index is 12.8. The van der Waals surface area contributed by atoms with Gasteiger partial charge in [-0.05, 0) is 37.2 Å². The predicted octanol–water partition coefficient (Wildman–Crippen LogP) is 2.01. The Labute approximate surface area is 149 Å². The average molecular weight is 344 g/mol. The number of likely N-dealkylation sites (tertiary alicyclic amines) is 2. The second kappa shape index (κ2) is 7.56. The Morgan fingerprint density at radius 2 is 1.88 bits per heavy atom. The number of aliphatic hydroxyl groups is 1. The molecule has 25 heavy (non-hydrogen) atoms. The van der Waals surface area contributed by atoms with Crippen LogP contribution in [-0.2, 0) is 9.59 Å². The average Bonchev–Trinajstić information content (AvgIpc) is 2.65. The van der Waals surface area contributed by atoms with Crippen molar-refractivity contribution in [3.05, 3.63) is 35.9 Å². The van der Waals surface area contributed by atoms with Gasteiger partial charge in [-0.2, -0.15) is 0 Å². The molecule has 2 aliphatic heterocycles. The summed E-state index contributed by atoms with van der Waals surface area (Å²) in [4.78, 5) is 28.6. The van der Waals surface area contributed by atoms with Gasteiger partial charge in [0.15, 0.2) is 0 Å². The first-order valence-electron chi connectivity index (χ1n) is 9.27. The molecular formula is C20H28N2O3. The zero-order valence-corrected chi connectivity index (χ0v) is 15.0. The number of hydrogen-bond donors (Lipinski definition) is 1. The van der Waals surface area contributed by atoms with E-state index in [-0.39, 0.29) is 29.8 Å². The van der Waals surface area contributed by atoms with Crippen LogP contribution >= 0.6 is 0 Å². The summed E-state index contributed by atoms with van der Waals surface area (Å²) in [5.41, 5.74) is 1.18. The summed E-state index contributed by atoms with van der Waals surface area (Å²) in [7, 11) is 0. The van der Waals surface area contributed by atoms with Crippen molar-refractivity contribution in [3.63, 3.8) is 0 Å². The first kappa shape index (κ1) is 17.9. The lowest BCUT2D eigenvalue weighted by Crippen LogP contribution is -2.53. The molecule has 0 aromatic heterocycles. The molecule has 2 heterocycles. The maximum Gasteiger partial charge on any atom is 0.229 e. The Hall–Kier alpha value is -1.88. The third kappa shape index (κ3) is 3.87. The van der Waals surface area contributed by atoms with Crippen molar-refractivity contribution in [1.29, 1.82) is 0 Å². The molecule has 5 heteroatoms. The molecule has 5 nitrogen and oxygen atoms in total. The molecule has 0 aliphatic carbocycles. The van der Waals surface area contributed by atoms with E-state index in [2.05, 4.69) is 0 Å². The lowest BCUT2D eigenvalue weighted by atomic mass is 9.72. The SMILES string of the molecule is C[C@@H](C(=O)N1CCC2(CCC(=O)N(CCO)C2)CC1)c1ccccc1. The predicted molar refractivity (Wildman–Crippen MR) is 96.0 cm³/mol. The van der Waals surface area contributed by atoms with Gasteiger partial charge in [0.1, 0.15) is 0 Å². The minimum atomic E-state index is -0.117. The van der Waals surface area contributed by atoms with Crippen LogP contribution in [0.25, 0.3) is 0 Å². The van der Waals surface area contributed by atoms with Gasteiger partial charge in [0.2, 0.25) is 11.8 Å². The molecule has 3 rings (SSSR count). The zero-order valence-electron chi connectivity index (χ0n) is 15.0. The van der Waals surface area contributed by atoms with Crippen molar-refractivity contribution in [2.24, 2.45) is 5.41 Å². The van der Waals surface area contributed by atoms with E-state index in [1.807, 2.05) is 42.2 Å². The Morgan fingerprint density at radius 1 is 1.20 bits per heavy atom. The largest absolute Gasteiger partial charge is 0.395 e. The highest BCUT2D eigenvalue weighted by molar-refractivity contribution is 5.83. The third-order valence-electron chi connectivity index (χ3n) is 5.92. The second-order valence-corrected chi connectivity index (χ2v) is 7.50. The summed E-state index contributed by atoms with van der Waals surface area (Å²) in [6.07, 6.45) is 3.35. The molecule has 2 aliphatic rings. The molecule has 2 amide bonds. The maximum atomic E-state index is 12.8. The number of carbonyl (C=O) groups excluding carboxylic acids is 2. The molecule has 0 unspecified atom stereocenters. The van der Waals surface area contributed by atoms with Crippen molar-refractivity contribution in [3.8, 4) is 0 Å². The molecule has 0 saturated carbocycles. The lowest BCUT2D eigenvalue weighted by Gasteiger charge is -2.47. The van der Waals surface area contributed by atoms with Crippen molar-refractivity contribution < 1.29 is 14.7 Å². The van der Waals surface area contributed by atoms with Crippen LogP contribution in [-0.4, -0.2) is 59.5 Å². The third-order valence-corrected chi connectivity index (χ3v) is 5.92. The van der Waals surface area contributed by atoms with Crippen LogP contribution in [0.15, 0.2) is 30.3 Å². The summed E-state index contributed by atoms with van der Waals surface area (Å²) in [6.45, 7) is 4.66. The van der Waals surface area contributed by atoms with Crippen LogP contribution < -0.4 is 0 Å². The van der Waals surface area contributed by atoms with Crippen molar-refractivity contribution in [2.75, 3.05) is 32.8 Å². The summed E-state index contributed by atoms with van der Waals surface area (Å²) >= 11 is 0. The van der Waals surface area contributed by atoms with Crippen LogP contribution in [0.3, 0.4) is 0 Å². The first-order chi connectivity index (χ1) is 12.0. The molecule has 2 saturated heterocycles. The molecule has 1 aromatic carbocycles. The number of piperidine rings is 2. The van der Waals surface area contributed by atoms with Crippen LogP contribution in [0.4, 0.5) is 0 Å². The van der Waals surface area contributed by atoms with Crippen molar-refractivity contribution in [2.45, 2.75) is 38.5 Å². The van der Waals surface area contributed by atoms with Crippen molar-refractivity contribution in [1.82, 2.24) is 9.80 Å². The van der Waals surface area contributed by atoms with Gasteiger partial charge in [-0.1, -0.05) is 30.3 Å². The molecule has 0 bridgehead atoms. The van der Waals surface area contributed by atoms with Crippen molar-refractivity contribution >= 4 is 11.8 Å². The molecule has 0 radical (unpaired) electrons. The molecule has 1 N–H and O–H groups in total. The number of carbonyl (C=O) groups is 2. The van der Waals surface area contributed by atoms with E-state index < -0.39 is 0 Å². The topological polar surface area (TPSA) is 60.9 Å². The molecule has 1 spiro atoms. The number of β-amino-alcohol motifs (C(OH)–C–C–N with tert-alkyl or cyclic N) is 1. The quantitative estimate of drug-likeness (QED) is 0.909. The molecule has 136 valence electrons. The highest BCUT2D eigenvalue weighted by atomic mass is 16.3. The van der Waals surface area contributed by atoms with Gasteiger partial charge in [-0.3, -0.25) is 9.59 Å². The number of hydrogen-bond acceptors (Lipinski definition) is 3. The van der Waals surface area contributed by atoms with E-state index in [9.17, 15) is 9.59 Å². The Kier molecular flexibility index (Phi) is 5.42. The normalized spacial score (nSPS) is 21.4. The summed E-state index contributed by atoms with van der Waals surface area (Å²) < 4.78 is 0. The van der Waals surface area contributed by atoms with Crippen LogP contribution in [0, 0.1) is 5.41 Å². The number of amides is 2. The summed E-state index contributed by atoms with van der Waals surface area (Å²) in [5.74, 6) is 0.227. The smallest absolute Gasteiger partial charge is 0.229 e. The fourth-order valence-electron chi connectivity index (χ4n) is 4.19. The molecule has 2 fully saturated rings. The van der Waals surface area contributed by atoms with E-state index >= 15 is 0 Å². The van der Waals surface area contributed by atoms with E-state index in [1.54, 1.807) is 4.90 Å². The second-order valence-electron chi connectivity index (χ2n) is 7.50. The van der Waals surface area contributed by atoms with E-state index in [0.29, 0.717) is 13.0 Å². The molecule has 1 aromatic rings. The number of nitrogens with zero attached hydrogens (tertiary/aromatic N) is 2. The minimum absolute atomic E-state index is 0.0149. The lowest BCUT2D eigenvalue weighted by molar-refractivity contribution is -0.143. The highest BCUT2D eigenvalue weighted by Crippen LogP contribution is 2.40. The van der Waals surface area contributed by atoms with E-state index in [0.717, 1.165) is 44.5 Å². The minimum Gasteiger partial charge on any atom is -0.395 e. The Balaban J connectivity index is 1.60. The first-order valence-corrected chi connectivity index (χ1v) is 9.27. The van der Waals surface area contributed by atoms with Gasteiger partial charge in [-0.15, -0.1) is 0 Å². The van der Waals surface area contributed by atoms with Gasteiger partial charge in [0.05, 0.1) is 12.5 Å². The molecule has 1 atom stereocenters. The highest BCUT2D eigenvalue weighted by Gasteiger charge is 2.41. The van der Waals surface area contributed by atoms with E-state index in [4.69, 9.17) is 5.11 Å². The van der Waals surface area contributed by atoms with Gasteiger partial charge < -0.3 is 14.9 Å². The summed E-state index contributed by atoms with van der Waals surface area (Å²) in [6, 6.07) is 9.92. The van der Waals surface area contributed by atoms with Gasteiger partial charge in [-0.25, -0.2) is 0 Å². The number of benzene rings is 1. The fraction of sp³-hybridized carbons (Fsp3) is 0.600. The van der Waals surface area contributed by atoms with Crippen LogP contribution in [0.1, 0.15) is 44.1 Å². The zero-order chi connectivity index (χ0) is 17.9. The van der Waals surface area contributed by atoms with Gasteiger partial charge >= 0.3 is 0 Å². The Bertz CT molecular complexity index is 609. The van der Waals surface area contributed by atoms with Crippen LogP contribution in [0.5, 0.6) is 0 Å². The fourth-order valence-corrected chi connectivity index (χ4v) is 4.19. The van der Waals surface area contributed by atoms with E-state index in [1.165, 1.54) is 0 Å². The van der Waals surface area contributed by atoms with Crippen LogP contribution in [0.2, 0.25) is 0 Å². The monoisotopic (exact) mass is 344 g/mol. The Morgan fingerprint density at radius 3 is 2.52 bits per heavy atom. The number of rotatable bonds is 4. The van der Waals surface area contributed by atoms with Gasteiger partial charge in [0, 0.05) is 32.6 Å². The standard InChI is InChI=1S/C20H28N2O3/c1-16(17-5-3-2-4-6-17)19(25)21-11-9-20(10-12-21)8-7-18(24)22(15-20)13-14-23/h2-6,16,23H,7-15H2,1H3/t16-/m1/s1. The molecular weight excluding hydrogens is 316 g/mol. The summed E-state index contributed by atoms with van der Waals surface area (Å²) in [5, 5.41) is 9.16.